The molecule has 3 aliphatic rings. The number of aromatic nitrogens is 5. The molecule has 1 aliphatic carbocycles. The number of hydrogen-bond donors (Lipinski definition) is 2. The topological polar surface area (TPSA) is 109 Å². The first-order valence-corrected chi connectivity index (χ1v) is 12.1. The summed E-state index contributed by atoms with van der Waals surface area (Å²) < 4.78 is 20.6. The van der Waals surface area contributed by atoms with Gasteiger partial charge < -0.3 is 20.1 Å². The molecule has 3 aromatic rings. The molecular formula is C25H28FN7O2. The van der Waals surface area contributed by atoms with Gasteiger partial charge in [-0.1, -0.05) is 6.07 Å². The molecule has 1 saturated carbocycles. The molecule has 1 aromatic carbocycles. The van der Waals surface area contributed by atoms with Crippen molar-refractivity contribution in [2.24, 2.45) is 0 Å². The lowest BCUT2D eigenvalue weighted by molar-refractivity contribution is 0.171. The van der Waals surface area contributed by atoms with Gasteiger partial charge in [0.1, 0.15) is 29.1 Å². The van der Waals surface area contributed by atoms with Gasteiger partial charge in [0.2, 0.25) is 5.95 Å². The van der Waals surface area contributed by atoms with E-state index in [0.717, 1.165) is 32.1 Å². The highest BCUT2D eigenvalue weighted by Gasteiger charge is 2.48. The van der Waals surface area contributed by atoms with Crippen LogP contribution in [0.1, 0.15) is 37.8 Å². The number of anilines is 1. The molecule has 6 rings (SSSR count). The lowest BCUT2D eigenvalue weighted by Crippen LogP contribution is -2.57. The first-order chi connectivity index (χ1) is 17.0. The number of fused-ring (bicyclic) bond motifs is 2. The van der Waals surface area contributed by atoms with E-state index >= 15 is 4.39 Å². The van der Waals surface area contributed by atoms with Crippen molar-refractivity contribution in [3.8, 4) is 34.0 Å². The lowest BCUT2D eigenvalue weighted by Gasteiger charge is -2.40. The number of benzene rings is 1. The second-order valence-electron chi connectivity index (χ2n) is 9.69. The fourth-order valence-corrected chi connectivity index (χ4v) is 5.38. The number of alkyl halides is 1. The van der Waals surface area contributed by atoms with Crippen molar-refractivity contribution in [3.63, 3.8) is 0 Å². The molecule has 2 aromatic heterocycles. The monoisotopic (exact) mass is 477 g/mol. The van der Waals surface area contributed by atoms with Crippen LogP contribution in [0.25, 0.3) is 22.5 Å². The van der Waals surface area contributed by atoms with E-state index in [1.165, 1.54) is 0 Å². The largest absolute Gasteiger partial charge is 0.507 e. The number of ether oxygens (including phenoxy) is 1. The van der Waals surface area contributed by atoms with Crippen molar-refractivity contribution in [1.82, 2.24) is 30.7 Å². The van der Waals surface area contributed by atoms with Gasteiger partial charge >= 0.3 is 0 Å². The second kappa shape index (κ2) is 8.67. The maximum Gasteiger partial charge on any atom is 0.245 e. The molecule has 35 heavy (non-hydrogen) atoms. The summed E-state index contributed by atoms with van der Waals surface area (Å²) in [6, 6.07) is 7.30. The Morgan fingerprint density at radius 3 is 2.60 bits per heavy atom. The van der Waals surface area contributed by atoms with E-state index in [-0.39, 0.29) is 23.9 Å². The van der Waals surface area contributed by atoms with Gasteiger partial charge in [0.15, 0.2) is 0 Å². The summed E-state index contributed by atoms with van der Waals surface area (Å²) in [5, 5.41) is 31.2. The van der Waals surface area contributed by atoms with Crippen molar-refractivity contribution in [2.75, 3.05) is 12.0 Å². The number of methoxy groups -OCH3 is 1. The highest BCUT2D eigenvalue weighted by molar-refractivity contribution is 5.73. The van der Waals surface area contributed by atoms with Crippen LogP contribution in [0.4, 0.5) is 10.3 Å². The van der Waals surface area contributed by atoms with E-state index in [1.54, 1.807) is 31.5 Å². The molecule has 4 atom stereocenters. The number of nitrogens with zero attached hydrogens (tertiary/aromatic N) is 6. The quantitative estimate of drug-likeness (QED) is 0.553. The number of nitrogens with one attached hydrogen (secondary N) is 1. The summed E-state index contributed by atoms with van der Waals surface area (Å²) in [6.07, 6.45) is 5.36. The lowest BCUT2D eigenvalue weighted by atomic mass is 9.96. The van der Waals surface area contributed by atoms with Gasteiger partial charge in [-0.3, -0.25) is 0 Å². The summed E-state index contributed by atoms with van der Waals surface area (Å²) in [5.41, 5.74) is 2.93. The van der Waals surface area contributed by atoms with E-state index in [4.69, 9.17) is 4.74 Å². The van der Waals surface area contributed by atoms with Gasteiger partial charge in [0.25, 0.3) is 0 Å². The minimum atomic E-state index is -0.947. The average Bonchev–Trinajstić information content (AvgIpc) is 3.62. The Hall–Kier alpha value is -3.40. The molecule has 0 radical (unpaired) electrons. The number of aromatic hydroxyl groups is 1. The molecule has 0 unspecified atom stereocenters. The number of rotatable bonds is 6. The molecule has 10 heteroatoms. The molecule has 9 nitrogen and oxygen atoms in total. The first kappa shape index (κ1) is 22.1. The van der Waals surface area contributed by atoms with E-state index in [2.05, 4.69) is 35.6 Å². The van der Waals surface area contributed by atoms with Crippen LogP contribution in [0, 0.1) is 6.92 Å². The van der Waals surface area contributed by atoms with Gasteiger partial charge in [-0.25, -0.2) is 9.37 Å². The molecule has 2 bridgehead atoms. The number of hydrogen-bond acceptors (Lipinski definition) is 9. The fraction of sp³-hybridized carbons (Fsp3) is 0.480. The molecule has 182 valence electrons. The predicted molar refractivity (Wildman–Crippen MR) is 128 cm³/mol. The fourth-order valence-electron chi connectivity index (χ4n) is 5.38. The van der Waals surface area contributed by atoms with Gasteiger partial charge in [-0.05, 0) is 51.2 Å². The highest BCUT2D eigenvalue weighted by Crippen LogP contribution is 2.40. The maximum atomic E-state index is 15.3. The van der Waals surface area contributed by atoms with Crippen LogP contribution < -0.4 is 15.0 Å². The molecule has 0 spiro atoms. The molecular weight excluding hydrogens is 449 g/mol. The van der Waals surface area contributed by atoms with Crippen LogP contribution in [0.15, 0.2) is 30.5 Å². The summed E-state index contributed by atoms with van der Waals surface area (Å²) >= 11 is 0. The molecule has 2 aliphatic heterocycles. The highest BCUT2D eigenvalue weighted by atomic mass is 19.1. The summed E-state index contributed by atoms with van der Waals surface area (Å²) in [7, 11) is 1.58. The third-order valence-corrected chi connectivity index (χ3v) is 7.35. The Kier molecular flexibility index (Phi) is 5.47. The standard InChI is InChI=1S/C25H28FN7O2/c1-13-23(35-2)11-19(30-29-13)14-3-7-17(22(34)9-14)20-12-27-25(32-31-20)33(16-5-6-16)21-10-15-4-8-18(28-15)24(21)26/h3,7,9,11-12,15-16,18,21,24,28,34H,4-6,8,10H2,1-2H3/t15-,18-,21-,24+/m0/s1. The van der Waals surface area contributed by atoms with Crippen molar-refractivity contribution in [1.29, 1.82) is 0 Å². The Morgan fingerprint density at radius 2 is 1.89 bits per heavy atom. The summed E-state index contributed by atoms with van der Waals surface area (Å²) in [6.45, 7) is 1.82. The van der Waals surface area contributed by atoms with Crippen LogP contribution in [-0.2, 0) is 0 Å². The second-order valence-corrected chi connectivity index (χ2v) is 9.69. The van der Waals surface area contributed by atoms with Crippen LogP contribution >= 0.6 is 0 Å². The van der Waals surface area contributed by atoms with Crippen molar-refractivity contribution in [3.05, 3.63) is 36.2 Å². The zero-order valence-electron chi connectivity index (χ0n) is 19.7. The van der Waals surface area contributed by atoms with Crippen LogP contribution in [0.5, 0.6) is 11.5 Å². The zero-order chi connectivity index (χ0) is 24.1. The minimum Gasteiger partial charge on any atom is -0.507 e. The number of piperidine rings is 1. The van der Waals surface area contributed by atoms with E-state index < -0.39 is 6.17 Å². The van der Waals surface area contributed by atoms with E-state index in [1.807, 2.05) is 13.0 Å². The Balaban J connectivity index is 1.26. The molecule has 4 heterocycles. The number of phenolic OH excluding ortho intramolecular Hbond substituents is 1. The minimum absolute atomic E-state index is 0.0329. The normalized spacial score (nSPS) is 25.5. The van der Waals surface area contributed by atoms with Crippen molar-refractivity contribution >= 4 is 5.95 Å². The van der Waals surface area contributed by atoms with E-state index in [0.29, 0.717) is 45.9 Å². The van der Waals surface area contributed by atoms with Crippen LogP contribution in [0.3, 0.4) is 0 Å². The third kappa shape index (κ3) is 4.05. The number of aryl methyl sites for hydroxylation is 1. The van der Waals surface area contributed by atoms with Gasteiger partial charge in [-0.2, -0.15) is 5.10 Å². The number of phenols is 1. The summed E-state index contributed by atoms with van der Waals surface area (Å²) in [5.74, 6) is 1.12. The summed E-state index contributed by atoms with van der Waals surface area (Å²) in [4.78, 5) is 6.62. The molecule has 2 saturated heterocycles. The molecule has 0 amide bonds. The van der Waals surface area contributed by atoms with Gasteiger partial charge in [0, 0.05) is 35.3 Å². The Bertz CT molecular complexity index is 1240. The van der Waals surface area contributed by atoms with Crippen LogP contribution in [-0.4, -0.2) is 67.9 Å². The first-order valence-electron chi connectivity index (χ1n) is 12.1. The average molecular weight is 478 g/mol. The van der Waals surface area contributed by atoms with E-state index in [9.17, 15) is 5.11 Å². The van der Waals surface area contributed by atoms with Gasteiger partial charge in [0.05, 0.1) is 25.0 Å². The third-order valence-electron chi connectivity index (χ3n) is 7.35. The molecule has 2 N–H and O–H groups in total. The maximum absolute atomic E-state index is 15.3. The van der Waals surface area contributed by atoms with Crippen LogP contribution in [0.2, 0.25) is 0 Å². The van der Waals surface area contributed by atoms with Crippen molar-refractivity contribution in [2.45, 2.75) is 69.4 Å². The van der Waals surface area contributed by atoms with Gasteiger partial charge in [-0.15, -0.1) is 15.3 Å². The van der Waals surface area contributed by atoms with Crippen molar-refractivity contribution < 1.29 is 14.2 Å². The number of halogens is 1. The molecule has 3 fully saturated rings. The SMILES string of the molecule is COc1cc(-c2ccc(-c3cnc(N(C4CC4)[C@H]4C[C@@H]5CC[C@H](N5)[C@H]4F)nn3)c(O)c2)nnc1C. The predicted octanol–water partition coefficient (Wildman–Crippen LogP) is 3.22. The smallest absolute Gasteiger partial charge is 0.245 e. The zero-order valence-corrected chi connectivity index (χ0v) is 19.7. The Labute approximate surface area is 202 Å². The Morgan fingerprint density at radius 1 is 1.06 bits per heavy atom.